The van der Waals surface area contributed by atoms with Gasteiger partial charge in [0.2, 0.25) is 0 Å². The van der Waals surface area contributed by atoms with Gasteiger partial charge in [-0.15, -0.1) is 0 Å². The number of benzene rings is 1. The lowest BCUT2D eigenvalue weighted by Crippen LogP contribution is -2.44. The zero-order valence-electron chi connectivity index (χ0n) is 13.9. The maximum Gasteiger partial charge on any atom is 0.408 e. The molecule has 0 atom stereocenters. The van der Waals surface area contributed by atoms with Crippen LogP contribution in [0.2, 0.25) is 0 Å². The molecule has 0 heterocycles. The van der Waals surface area contributed by atoms with Crippen LogP contribution in [-0.4, -0.2) is 23.8 Å². The Balaban J connectivity index is 1.92. The molecule has 1 amide bonds. The van der Waals surface area contributed by atoms with Crippen LogP contribution < -0.4 is 10.1 Å². The van der Waals surface area contributed by atoms with Gasteiger partial charge in [-0.2, -0.15) is 0 Å². The fourth-order valence-electron chi connectivity index (χ4n) is 2.19. The molecule has 1 aromatic rings. The minimum atomic E-state index is -0.481. The summed E-state index contributed by atoms with van der Waals surface area (Å²) in [6.45, 7) is 10.2. The Hall–Kier alpha value is -0.980. The van der Waals surface area contributed by atoms with Crippen molar-refractivity contribution in [3.05, 3.63) is 26.8 Å². The monoisotopic (exact) mass is 417 g/mol. The van der Waals surface area contributed by atoms with Crippen LogP contribution in [0.5, 0.6) is 5.75 Å². The van der Waals surface area contributed by atoms with Gasteiger partial charge in [0, 0.05) is 3.57 Å². The van der Waals surface area contributed by atoms with Crippen molar-refractivity contribution in [2.75, 3.05) is 6.61 Å². The summed E-state index contributed by atoms with van der Waals surface area (Å²) in [5.74, 6) is 0.854. The molecule has 22 heavy (non-hydrogen) atoms. The molecule has 4 nitrogen and oxygen atoms in total. The first-order valence-electron chi connectivity index (χ1n) is 7.51. The largest absolute Gasteiger partial charge is 0.491 e. The first-order valence-corrected chi connectivity index (χ1v) is 8.59. The van der Waals surface area contributed by atoms with Gasteiger partial charge in [-0.05, 0) is 93.3 Å². The normalized spacial score (nSPS) is 16.1. The summed E-state index contributed by atoms with van der Waals surface area (Å²) in [7, 11) is 0. The van der Waals surface area contributed by atoms with Gasteiger partial charge in [-0.25, -0.2) is 4.79 Å². The van der Waals surface area contributed by atoms with Crippen LogP contribution in [0, 0.1) is 17.4 Å². The molecule has 0 unspecified atom stereocenters. The molecule has 0 saturated heterocycles. The molecule has 1 aliphatic carbocycles. The average Bonchev–Trinajstić information content (AvgIpc) is 3.11. The number of rotatable bonds is 4. The van der Waals surface area contributed by atoms with Gasteiger partial charge in [0.15, 0.2) is 0 Å². The van der Waals surface area contributed by atoms with Crippen LogP contribution in [-0.2, 0) is 4.74 Å². The van der Waals surface area contributed by atoms with Gasteiger partial charge in [-0.1, -0.05) is 0 Å². The van der Waals surface area contributed by atoms with E-state index in [0.717, 1.165) is 18.6 Å². The number of amides is 1. The van der Waals surface area contributed by atoms with E-state index < -0.39 is 5.60 Å². The Kier molecular flexibility index (Phi) is 4.94. The minimum absolute atomic E-state index is 0.271. The standard InChI is InChI=1S/C17H24INO3/c1-11-8-13(9-12(2)14(11)18)21-10-17(6-7-17)19-15(20)22-16(3,4)5/h8-9H,6-7,10H2,1-5H3,(H,19,20). The summed E-state index contributed by atoms with van der Waals surface area (Å²) in [6.07, 6.45) is 1.48. The van der Waals surface area contributed by atoms with Crippen molar-refractivity contribution in [2.45, 2.75) is 58.6 Å². The zero-order chi connectivity index (χ0) is 16.5. The Labute approximate surface area is 146 Å². The lowest BCUT2D eigenvalue weighted by Gasteiger charge is -2.23. The Morgan fingerprint density at radius 1 is 1.27 bits per heavy atom. The van der Waals surface area contributed by atoms with Gasteiger partial charge in [0.05, 0.1) is 5.54 Å². The van der Waals surface area contributed by atoms with E-state index >= 15 is 0 Å². The molecule has 0 bridgehead atoms. The smallest absolute Gasteiger partial charge is 0.408 e. The second-order valence-electron chi connectivity index (χ2n) is 7.07. The summed E-state index contributed by atoms with van der Waals surface area (Å²) >= 11 is 2.34. The van der Waals surface area contributed by atoms with Crippen molar-refractivity contribution >= 4 is 28.7 Å². The average molecular weight is 417 g/mol. The highest BCUT2D eigenvalue weighted by atomic mass is 127. The number of alkyl carbamates (subject to hydrolysis) is 1. The van der Waals surface area contributed by atoms with Crippen molar-refractivity contribution < 1.29 is 14.3 Å². The number of nitrogens with one attached hydrogen (secondary N) is 1. The molecule has 0 aliphatic heterocycles. The van der Waals surface area contributed by atoms with Crippen LogP contribution in [0.4, 0.5) is 4.79 Å². The molecular formula is C17H24INO3. The van der Waals surface area contributed by atoms with Crippen molar-refractivity contribution in [3.63, 3.8) is 0 Å². The third-order valence-electron chi connectivity index (χ3n) is 3.54. The summed E-state index contributed by atoms with van der Waals surface area (Å²) in [6, 6.07) is 4.08. The third-order valence-corrected chi connectivity index (χ3v) is 5.25. The van der Waals surface area contributed by atoms with Crippen LogP contribution in [0.3, 0.4) is 0 Å². The van der Waals surface area contributed by atoms with E-state index in [2.05, 4.69) is 41.8 Å². The number of carbonyl (C=O) groups is 1. The maximum absolute atomic E-state index is 11.9. The number of ether oxygens (including phenoxy) is 2. The summed E-state index contributed by atoms with van der Waals surface area (Å²) in [5.41, 5.74) is 1.67. The van der Waals surface area contributed by atoms with Crippen molar-refractivity contribution in [3.8, 4) is 5.75 Å². The highest BCUT2D eigenvalue weighted by molar-refractivity contribution is 14.1. The molecular weight excluding hydrogens is 393 g/mol. The highest BCUT2D eigenvalue weighted by Gasteiger charge is 2.46. The van der Waals surface area contributed by atoms with Gasteiger partial charge < -0.3 is 14.8 Å². The predicted molar refractivity (Wildman–Crippen MR) is 95.5 cm³/mol. The first kappa shape index (κ1) is 17.4. The lowest BCUT2D eigenvalue weighted by molar-refractivity contribution is 0.0477. The predicted octanol–water partition coefficient (Wildman–Crippen LogP) is 4.34. The fourth-order valence-corrected chi connectivity index (χ4v) is 2.50. The van der Waals surface area contributed by atoms with E-state index in [-0.39, 0.29) is 11.6 Å². The second kappa shape index (κ2) is 6.26. The maximum atomic E-state index is 11.9. The summed E-state index contributed by atoms with van der Waals surface area (Å²) in [4.78, 5) is 11.9. The molecule has 1 saturated carbocycles. The highest BCUT2D eigenvalue weighted by Crippen LogP contribution is 2.36. The molecule has 0 aromatic heterocycles. The van der Waals surface area contributed by atoms with Crippen molar-refractivity contribution in [1.29, 1.82) is 0 Å². The summed E-state index contributed by atoms with van der Waals surface area (Å²) < 4.78 is 12.5. The van der Waals surface area contributed by atoms with Crippen LogP contribution in [0.25, 0.3) is 0 Å². The Morgan fingerprint density at radius 3 is 2.27 bits per heavy atom. The lowest BCUT2D eigenvalue weighted by atomic mass is 10.1. The molecule has 1 aromatic carbocycles. The molecule has 1 fully saturated rings. The van der Waals surface area contributed by atoms with E-state index in [9.17, 15) is 4.79 Å². The van der Waals surface area contributed by atoms with E-state index in [0.29, 0.717) is 6.61 Å². The molecule has 2 rings (SSSR count). The van der Waals surface area contributed by atoms with Crippen LogP contribution in [0.1, 0.15) is 44.7 Å². The number of carbonyl (C=O) groups excluding carboxylic acids is 1. The number of hydrogen-bond acceptors (Lipinski definition) is 3. The Bertz CT molecular complexity index is 551. The second-order valence-corrected chi connectivity index (χ2v) is 8.15. The fraction of sp³-hybridized carbons (Fsp3) is 0.588. The molecule has 5 heteroatoms. The van der Waals surface area contributed by atoms with E-state index in [4.69, 9.17) is 9.47 Å². The van der Waals surface area contributed by atoms with Gasteiger partial charge in [0.25, 0.3) is 0 Å². The van der Waals surface area contributed by atoms with Gasteiger partial charge >= 0.3 is 6.09 Å². The molecule has 1 N–H and O–H groups in total. The zero-order valence-corrected chi connectivity index (χ0v) is 16.0. The minimum Gasteiger partial charge on any atom is -0.491 e. The van der Waals surface area contributed by atoms with Gasteiger partial charge in [0.1, 0.15) is 18.0 Å². The van der Waals surface area contributed by atoms with Gasteiger partial charge in [-0.3, -0.25) is 0 Å². The summed E-state index contributed by atoms with van der Waals surface area (Å²) in [5, 5.41) is 2.95. The van der Waals surface area contributed by atoms with E-state index in [1.807, 2.05) is 32.9 Å². The Morgan fingerprint density at radius 2 is 1.82 bits per heavy atom. The number of hydrogen-bond donors (Lipinski definition) is 1. The number of aryl methyl sites for hydroxylation is 2. The molecule has 0 spiro atoms. The quantitative estimate of drug-likeness (QED) is 0.742. The molecule has 122 valence electrons. The van der Waals surface area contributed by atoms with Crippen LogP contribution in [0.15, 0.2) is 12.1 Å². The molecule has 1 aliphatic rings. The van der Waals surface area contributed by atoms with Crippen molar-refractivity contribution in [2.24, 2.45) is 0 Å². The number of halogens is 1. The SMILES string of the molecule is Cc1cc(OCC2(NC(=O)OC(C)(C)C)CC2)cc(C)c1I. The third kappa shape index (κ3) is 4.76. The first-order chi connectivity index (χ1) is 10.1. The topological polar surface area (TPSA) is 47.6 Å². The van der Waals surface area contributed by atoms with Crippen molar-refractivity contribution in [1.82, 2.24) is 5.32 Å². The van der Waals surface area contributed by atoms with Crippen LogP contribution >= 0.6 is 22.6 Å². The van der Waals surface area contributed by atoms with E-state index in [1.54, 1.807) is 0 Å². The molecule has 0 radical (unpaired) electrons. The van der Waals surface area contributed by atoms with E-state index in [1.165, 1.54) is 14.7 Å².